The van der Waals surface area contributed by atoms with E-state index in [9.17, 15) is 4.79 Å². The van der Waals surface area contributed by atoms with Gasteiger partial charge in [-0.05, 0) is 31.5 Å². The van der Waals surface area contributed by atoms with Crippen LogP contribution in [0.4, 0.5) is 11.6 Å². The molecular formula is C18H19N7O2. The fraction of sp³-hybridized carbons (Fsp3) is 0.222. The van der Waals surface area contributed by atoms with Gasteiger partial charge in [0, 0.05) is 23.5 Å². The molecule has 138 valence electrons. The Balaban J connectivity index is 1.54. The van der Waals surface area contributed by atoms with Gasteiger partial charge in [-0.2, -0.15) is 5.10 Å². The van der Waals surface area contributed by atoms with Crippen molar-refractivity contribution in [2.75, 3.05) is 5.32 Å². The second kappa shape index (κ2) is 6.94. The molecule has 0 aliphatic rings. The van der Waals surface area contributed by atoms with Crippen LogP contribution in [0, 0.1) is 6.92 Å². The van der Waals surface area contributed by atoms with Gasteiger partial charge in [-0.1, -0.05) is 6.92 Å². The molecule has 3 heterocycles. The van der Waals surface area contributed by atoms with E-state index < -0.39 is 0 Å². The highest BCUT2D eigenvalue weighted by Crippen LogP contribution is 2.19. The highest BCUT2D eigenvalue weighted by atomic mass is 16.5. The number of aromatic nitrogens is 6. The van der Waals surface area contributed by atoms with Crippen molar-refractivity contribution in [2.24, 2.45) is 0 Å². The number of nitrogens with one attached hydrogen (secondary N) is 4. The van der Waals surface area contributed by atoms with Gasteiger partial charge in [-0.15, -0.1) is 0 Å². The van der Waals surface area contributed by atoms with Crippen LogP contribution in [0.1, 0.15) is 24.1 Å². The fourth-order valence-corrected chi connectivity index (χ4v) is 2.72. The molecule has 0 spiro atoms. The van der Waals surface area contributed by atoms with Gasteiger partial charge in [0.15, 0.2) is 11.6 Å². The summed E-state index contributed by atoms with van der Waals surface area (Å²) in [5, 5.41) is 16.1. The van der Waals surface area contributed by atoms with Crippen LogP contribution in [0.3, 0.4) is 0 Å². The number of fused-ring (bicyclic) bond motifs is 1. The van der Waals surface area contributed by atoms with Gasteiger partial charge in [-0.3, -0.25) is 20.1 Å². The Labute approximate surface area is 154 Å². The minimum absolute atomic E-state index is 0.180. The van der Waals surface area contributed by atoms with E-state index in [1.54, 1.807) is 18.2 Å². The van der Waals surface area contributed by atoms with Crippen LogP contribution in [0.25, 0.3) is 10.9 Å². The molecule has 0 aliphatic carbocycles. The van der Waals surface area contributed by atoms with E-state index in [2.05, 4.69) is 35.7 Å². The van der Waals surface area contributed by atoms with E-state index in [1.165, 1.54) is 0 Å². The van der Waals surface area contributed by atoms with Gasteiger partial charge in [0.2, 0.25) is 0 Å². The lowest BCUT2D eigenvalue weighted by Crippen LogP contribution is -2.07. The summed E-state index contributed by atoms with van der Waals surface area (Å²) in [6.45, 7) is 4.15. The number of anilines is 2. The van der Waals surface area contributed by atoms with Crippen molar-refractivity contribution in [2.45, 2.75) is 26.9 Å². The van der Waals surface area contributed by atoms with Gasteiger partial charge in [0.25, 0.3) is 5.56 Å². The van der Waals surface area contributed by atoms with Crippen LogP contribution >= 0.6 is 0 Å². The molecule has 0 fully saturated rings. The lowest BCUT2D eigenvalue weighted by Gasteiger charge is -2.09. The largest absolute Gasteiger partial charge is 0.486 e. The van der Waals surface area contributed by atoms with Gasteiger partial charge in [0.05, 0.1) is 10.9 Å². The molecule has 0 aliphatic heterocycles. The molecule has 4 rings (SSSR count). The minimum Gasteiger partial charge on any atom is -0.486 e. The number of aromatic amines is 3. The quantitative estimate of drug-likeness (QED) is 0.416. The molecule has 4 aromatic rings. The normalized spacial score (nSPS) is 11.0. The van der Waals surface area contributed by atoms with Crippen molar-refractivity contribution in [1.82, 2.24) is 30.4 Å². The summed E-state index contributed by atoms with van der Waals surface area (Å²) in [5.41, 5.74) is 2.41. The van der Waals surface area contributed by atoms with Crippen LogP contribution in [0.2, 0.25) is 0 Å². The van der Waals surface area contributed by atoms with E-state index in [0.29, 0.717) is 28.6 Å². The van der Waals surface area contributed by atoms with Crippen molar-refractivity contribution < 1.29 is 4.74 Å². The average molecular weight is 365 g/mol. The molecular weight excluding hydrogens is 346 g/mol. The standard InChI is InChI=1S/C18H19N7O2/c1-3-11-7-15(20-16-6-10(2)22-24-16)21-17(19-11)9-27-12-4-5-14-13(8-12)18(26)25-23-14/h4-8H,3,9H2,1-2H3,(H2,23,25,26)(H2,19,20,21,22,24). The van der Waals surface area contributed by atoms with Crippen LogP contribution in [-0.4, -0.2) is 30.4 Å². The topological polar surface area (TPSA) is 124 Å². The molecule has 27 heavy (non-hydrogen) atoms. The fourth-order valence-electron chi connectivity index (χ4n) is 2.72. The number of benzene rings is 1. The second-order valence-corrected chi connectivity index (χ2v) is 6.15. The van der Waals surface area contributed by atoms with E-state index in [1.807, 2.05) is 26.0 Å². The highest BCUT2D eigenvalue weighted by molar-refractivity contribution is 5.79. The van der Waals surface area contributed by atoms with Crippen molar-refractivity contribution in [3.8, 4) is 5.75 Å². The monoisotopic (exact) mass is 365 g/mol. The summed E-state index contributed by atoms with van der Waals surface area (Å²) in [7, 11) is 0. The Morgan fingerprint density at radius 2 is 2.00 bits per heavy atom. The third-order valence-electron chi connectivity index (χ3n) is 4.06. The third kappa shape index (κ3) is 3.66. The first-order valence-electron chi connectivity index (χ1n) is 8.60. The predicted molar refractivity (Wildman–Crippen MR) is 101 cm³/mol. The summed E-state index contributed by atoms with van der Waals surface area (Å²) >= 11 is 0. The molecule has 0 atom stereocenters. The second-order valence-electron chi connectivity index (χ2n) is 6.15. The third-order valence-corrected chi connectivity index (χ3v) is 4.06. The SMILES string of the molecule is CCc1cc(Nc2cc(C)[nH]n2)nc(COc2ccc3[nH][nH]c(=O)c3c2)n1. The maximum absolute atomic E-state index is 11.7. The molecule has 9 heteroatoms. The average Bonchev–Trinajstić information content (AvgIpc) is 3.25. The van der Waals surface area contributed by atoms with Crippen LogP contribution < -0.4 is 15.6 Å². The highest BCUT2D eigenvalue weighted by Gasteiger charge is 2.08. The number of nitrogens with zero attached hydrogens (tertiary/aromatic N) is 3. The van der Waals surface area contributed by atoms with Crippen molar-refractivity contribution in [1.29, 1.82) is 0 Å². The van der Waals surface area contributed by atoms with Crippen molar-refractivity contribution in [3.05, 3.63) is 57.9 Å². The molecule has 0 saturated carbocycles. The van der Waals surface area contributed by atoms with E-state index >= 15 is 0 Å². The lowest BCUT2D eigenvalue weighted by molar-refractivity contribution is 0.296. The van der Waals surface area contributed by atoms with Gasteiger partial charge >= 0.3 is 0 Å². The predicted octanol–water partition coefficient (Wildman–Crippen LogP) is 2.56. The lowest BCUT2D eigenvalue weighted by atomic mass is 10.2. The molecule has 0 unspecified atom stereocenters. The summed E-state index contributed by atoms with van der Waals surface area (Å²) < 4.78 is 5.79. The Bertz CT molecular complexity index is 1140. The van der Waals surface area contributed by atoms with Crippen LogP contribution in [0.5, 0.6) is 5.75 Å². The van der Waals surface area contributed by atoms with Crippen LogP contribution in [0.15, 0.2) is 35.1 Å². The number of H-pyrrole nitrogens is 3. The van der Waals surface area contributed by atoms with Gasteiger partial charge < -0.3 is 10.1 Å². The Morgan fingerprint density at radius 3 is 2.78 bits per heavy atom. The van der Waals surface area contributed by atoms with Crippen molar-refractivity contribution in [3.63, 3.8) is 0 Å². The number of ether oxygens (including phenoxy) is 1. The molecule has 0 bridgehead atoms. The summed E-state index contributed by atoms with van der Waals surface area (Å²) in [6.07, 6.45) is 0.772. The van der Waals surface area contributed by atoms with Gasteiger partial charge in [0.1, 0.15) is 18.2 Å². The van der Waals surface area contributed by atoms with E-state index in [-0.39, 0.29) is 12.2 Å². The maximum Gasteiger partial charge on any atom is 0.271 e. The van der Waals surface area contributed by atoms with E-state index in [0.717, 1.165) is 23.3 Å². The van der Waals surface area contributed by atoms with Crippen LogP contribution in [-0.2, 0) is 13.0 Å². The minimum atomic E-state index is -0.180. The maximum atomic E-state index is 11.7. The summed E-state index contributed by atoms with van der Waals surface area (Å²) in [6, 6.07) is 9.06. The number of hydrogen-bond acceptors (Lipinski definition) is 6. The molecule has 3 aromatic heterocycles. The first-order valence-corrected chi connectivity index (χ1v) is 8.60. The molecule has 0 amide bonds. The zero-order chi connectivity index (χ0) is 18.8. The Kier molecular flexibility index (Phi) is 4.33. The first-order chi connectivity index (χ1) is 13.1. The van der Waals surface area contributed by atoms with Crippen molar-refractivity contribution >= 4 is 22.5 Å². The summed E-state index contributed by atoms with van der Waals surface area (Å²) in [5.74, 6) is 2.48. The zero-order valence-corrected chi connectivity index (χ0v) is 15.0. The number of hydrogen-bond donors (Lipinski definition) is 4. The Hall–Kier alpha value is -3.62. The molecule has 1 aromatic carbocycles. The smallest absolute Gasteiger partial charge is 0.271 e. The van der Waals surface area contributed by atoms with E-state index in [4.69, 9.17) is 4.74 Å². The zero-order valence-electron chi connectivity index (χ0n) is 15.0. The molecule has 0 saturated heterocycles. The molecule has 0 radical (unpaired) electrons. The summed E-state index contributed by atoms with van der Waals surface area (Å²) in [4.78, 5) is 20.7. The van der Waals surface area contributed by atoms with Gasteiger partial charge in [-0.25, -0.2) is 9.97 Å². The first kappa shape index (κ1) is 16.8. The number of rotatable bonds is 6. The molecule has 4 N–H and O–H groups in total. The molecule has 9 nitrogen and oxygen atoms in total. The Morgan fingerprint density at radius 1 is 1.11 bits per heavy atom. The number of aryl methyl sites for hydroxylation is 2.